The van der Waals surface area contributed by atoms with E-state index >= 15 is 0 Å². The number of hydrogen-bond donors (Lipinski definition) is 1. The molecular formula is C16H31NO. The van der Waals surface area contributed by atoms with Crippen molar-refractivity contribution in [1.29, 1.82) is 0 Å². The number of ether oxygens (including phenoxy) is 1. The highest BCUT2D eigenvalue weighted by Gasteiger charge is 2.15. The lowest BCUT2D eigenvalue weighted by molar-refractivity contribution is 0.0128. The van der Waals surface area contributed by atoms with Crippen LogP contribution >= 0.6 is 0 Å². The summed E-state index contributed by atoms with van der Waals surface area (Å²) in [7, 11) is 1.79. The summed E-state index contributed by atoms with van der Waals surface area (Å²) in [6.45, 7) is 9.33. The van der Waals surface area contributed by atoms with Crippen LogP contribution in [0, 0.1) is 5.92 Å². The highest BCUT2D eigenvalue weighted by atomic mass is 16.5. The lowest BCUT2D eigenvalue weighted by Crippen LogP contribution is -2.22. The maximum Gasteiger partial charge on any atom is 0.0622 e. The maximum atomic E-state index is 5.46. The third-order valence-corrected chi connectivity index (χ3v) is 3.39. The molecule has 1 atom stereocenters. The largest absolute Gasteiger partial charge is 0.379 e. The van der Waals surface area contributed by atoms with Gasteiger partial charge < -0.3 is 10.5 Å². The van der Waals surface area contributed by atoms with Crippen LogP contribution in [0.5, 0.6) is 0 Å². The fourth-order valence-corrected chi connectivity index (χ4v) is 1.84. The molecule has 0 rings (SSSR count). The van der Waals surface area contributed by atoms with Crippen LogP contribution in [-0.2, 0) is 4.74 Å². The predicted octanol–water partition coefficient (Wildman–Crippen LogP) is 4.07. The molecule has 0 aliphatic heterocycles. The van der Waals surface area contributed by atoms with Crippen LogP contribution in [0.25, 0.3) is 0 Å². The van der Waals surface area contributed by atoms with E-state index in [2.05, 4.69) is 39.8 Å². The van der Waals surface area contributed by atoms with Gasteiger partial charge in [-0.15, -0.1) is 0 Å². The van der Waals surface area contributed by atoms with Gasteiger partial charge in [-0.2, -0.15) is 0 Å². The normalized spacial score (nSPS) is 15.3. The van der Waals surface area contributed by atoms with Gasteiger partial charge in [0, 0.05) is 13.7 Å². The Hall–Kier alpha value is -0.600. The van der Waals surface area contributed by atoms with E-state index in [4.69, 9.17) is 10.5 Å². The molecule has 0 aliphatic rings. The topological polar surface area (TPSA) is 35.2 Å². The second-order valence-corrected chi connectivity index (χ2v) is 5.78. The molecule has 1 unspecified atom stereocenters. The monoisotopic (exact) mass is 253 g/mol. The summed E-state index contributed by atoms with van der Waals surface area (Å²) < 4.78 is 5.43. The average Bonchev–Trinajstić information content (AvgIpc) is 2.29. The summed E-state index contributed by atoms with van der Waals surface area (Å²) in [4.78, 5) is 0. The Bertz CT molecular complexity index is 266. The van der Waals surface area contributed by atoms with E-state index < -0.39 is 0 Å². The number of nitrogens with two attached hydrogens (primary N) is 1. The van der Waals surface area contributed by atoms with E-state index in [9.17, 15) is 0 Å². The van der Waals surface area contributed by atoms with E-state index in [1.807, 2.05) is 6.08 Å². The molecule has 0 bridgehead atoms. The zero-order valence-electron chi connectivity index (χ0n) is 12.8. The Kier molecular flexibility index (Phi) is 9.03. The van der Waals surface area contributed by atoms with Gasteiger partial charge in [0.25, 0.3) is 0 Å². The Morgan fingerprint density at radius 2 is 2.06 bits per heavy atom. The van der Waals surface area contributed by atoms with E-state index in [0.29, 0.717) is 6.54 Å². The lowest BCUT2D eigenvalue weighted by atomic mass is 9.95. The number of methoxy groups -OCH3 is 1. The molecule has 0 saturated heterocycles. The highest BCUT2D eigenvalue weighted by Crippen LogP contribution is 2.20. The summed E-state index contributed by atoms with van der Waals surface area (Å²) in [6.07, 6.45) is 11.2. The molecule has 0 aromatic carbocycles. The molecule has 18 heavy (non-hydrogen) atoms. The summed E-state index contributed by atoms with van der Waals surface area (Å²) in [5.74, 6) is 0.736. The van der Waals surface area contributed by atoms with Gasteiger partial charge in [0.1, 0.15) is 0 Å². The summed E-state index contributed by atoms with van der Waals surface area (Å²) in [5, 5.41) is 0. The molecule has 0 radical (unpaired) electrons. The molecule has 0 aliphatic carbocycles. The molecule has 0 aromatic heterocycles. The summed E-state index contributed by atoms with van der Waals surface area (Å²) in [5.41, 5.74) is 6.74. The molecule has 106 valence electrons. The fraction of sp³-hybridized carbons (Fsp3) is 0.750. The van der Waals surface area contributed by atoms with Crippen molar-refractivity contribution in [1.82, 2.24) is 0 Å². The molecule has 0 fully saturated rings. The Morgan fingerprint density at radius 3 is 2.61 bits per heavy atom. The minimum absolute atomic E-state index is 0.0238. The fourth-order valence-electron chi connectivity index (χ4n) is 1.84. The first kappa shape index (κ1) is 17.4. The number of hydrogen-bond acceptors (Lipinski definition) is 2. The quantitative estimate of drug-likeness (QED) is 0.629. The second kappa shape index (κ2) is 9.35. The molecular weight excluding hydrogens is 222 g/mol. The van der Waals surface area contributed by atoms with Crippen LogP contribution in [0.1, 0.15) is 53.4 Å². The lowest BCUT2D eigenvalue weighted by Gasteiger charge is -2.23. The molecule has 2 heteroatoms. The molecule has 2 nitrogen and oxygen atoms in total. The smallest absolute Gasteiger partial charge is 0.0622 e. The van der Waals surface area contributed by atoms with Crippen LogP contribution in [0.2, 0.25) is 0 Å². The van der Waals surface area contributed by atoms with Crippen molar-refractivity contribution in [3.63, 3.8) is 0 Å². The third-order valence-electron chi connectivity index (χ3n) is 3.39. The Balaban J connectivity index is 3.79. The van der Waals surface area contributed by atoms with E-state index in [-0.39, 0.29) is 5.60 Å². The van der Waals surface area contributed by atoms with Gasteiger partial charge in [-0.05, 0) is 39.5 Å². The summed E-state index contributed by atoms with van der Waals surface area (Å²) >= 11 is 0. The predicted molar refractivity (Wildman–Crippen MR) is 80.7 cm³/mol. The van der Waals surface area contributed by atoms with Gasteiger partial charge in [-0.3, -0.25) is 0 Å². The van der Waals surface area contributed by atoms with Gasteiger partial charge in [0.15, 0.2) is 0 Å². The minimum atomic E-state index is 0.0238. The maximum absolute atomic E-state index is 5.46. The van der Waals surface area contributed by atoms with Gasteiger partial charge in [-0.25, -0.2) is 0 Å². The van der Waals surface area contributed by atoms with Gasteiger partial charge in [0.05, 0.1) is 5.60 Å². The first-order valence-electron chi connectivity index (χ1n) is 7.00. The SMILES string of the molecule is COC(C)(C)CCCC(C)C/C=C/C(C)=C/CN. The standard InChI is InChI=1S/C16H31NO/c1-14(8-6-9-15(2)11-13-17)10-7-12-16(3,4)18-5/h6,9,11,14H,7-8,10,12-13,17H2,1-5H3/b9-6+,15-11+. The Morgan fingerprint density at radius 1 is 1.39 bits per heavy atom. The van der Waals surface area contributed by atoms with Crippen LogP contribution in [0.4, 0.5) is 0 Å². The van der Waals surface area contributed by atoms with Crippen molar-refractivity contribution in [2.24, 2.45) is 11.7 Å². The first-order valence-corrected chi connectivity index (χ1v) is 7.00. The highest BCUT2D eigenvalue weighted by molar-refractivity contribution is 5.16. The van der Waals surface area contributed by atoms with Crippen molar-refractivity contribution in [3.8, 4) is 0 Å². The molecule has 0 aromatic rings. The average molecular weight is 253 g/mol. The van der Waals surface area contributed by atoms with Crippen molar-refractivity contribution in [2.45, 2.75) is 59.0 Å². The first-order chi connectivity index (χ1) is 8.41. The molecule has 0 heterocycles. The van der Waals surface area contributed by atoms with E-state index in [1.165, 1.54) is 18.4 Å². The van der Waals surface area contributed by atoms with Gasteiger partial charge in [-0.1, -0.05) is 43.6 Å². The minimum Gasteiger partial charge on any atom is -0.379 e. The molecule has 0 saturated carbocycles. The molecule has 2 N–H and O–H groups in total. The van der Waals surface area contributed by atoms with Crippen LogP contribution < -0.4 is 5.73 Å². The summed E-state index contributed by atoms with van der Waals surface area (Å²) in [6, 6.07) is 0. The van der Waals surface area contributed by atoms with Crippen LogP contribution in [0.15, 0.2) is 23.8 Å². The van der Waals surface area contributed by atoms with Crippen LogP contribution in [0.3, 0.4) is 0 Å². The Labute approximate surface area is 113 Å². The van der Waals surface area contributed by atoms with Crippen molar-refractivity contribution in [2.75, 3.05) is 13.7 Å². The van der Waals surface area contributed by atoms with Crippen molar-refractivity contribution >= 4 is 0 Å². The van der Waals surface area contributed by atoms with E-state index in [1.54, 1.807) is 7.11 Å². The van der Waals surface area contributed by atoms with E-state index in [0.717, 1.165) is 18.8 Å². The molecule has 0 amide bonds. The van der Waals surface area contributed by atoms with Crippen molar-refractivity contribution in [3.05, 3.63) is 23.8 Å². The second-order valence-electron chi connectivity index (χ2n) is 5.78. The van der Waals surface area contributed by atoms with Gasteiger partial charge in [0.2, 0.25) is 0 Å². The van der Waals surface area contributed by atoms with Gasteiger partial charge >= 0.3 is 0 Å². The van der Waals surface area contributed by atoms with Crippen molar-refractivity contribution < 1.29 is 4.74 Å². The zero-order valence-corrected chi connectivity index (χ0v) is 12.8. The molecule has 0 spiro atoms. The zero-order chi connectivity index (χ0) is 14.0. The third kappa shape index (κ3) is 9.43. The number of allylic oxidation sites excluding steroid dienone is 3. The number of rotatable bonds is 9. The van der Waals surface area contributed by atoms with Crippen LogP contribution in [-0.4, -0.2) is 19.3 Å².